The fourth-order valence-corrected chi connectivity index (χ4v) is 1.70. The lowest BCUT2D eigenvalue weighted by atomic mass is 9.93. The molecule has 0 aliphatic rings. The zero-order valence-corrected chi connectivity index (χ0v) is 8.78. The average Bonchev–Trinajstić information content (AvgIpc) is 2.09. The van der Waals surface area contributed by atoms with Crippen molar-refractivity contribution >= 4 is 0 Å². The summed E-state index contributed by atoms with van der Waals surface area (Å²) in [7, 11) is 0. The number of benzene rings is 1. The van der Waals surface area contributed by atoms with E-state index in [0.717, 1.165) is 0 Å². The molecular weight excluding hydrogens is 156 g/mol. The van der Waals surface area contributed by atoms with Crippen LogP contribution in [0.1, 0.15) is 27.8 Å². The molecule has 1 aromatic carbocycles. The topological polar surface area (TPSA) is 0 Å². The third-order valence-electron chi connectivity index (χ3n) is 2.78. The van der Waals surface area contributed by atoms with Crippen LogP contribution in [0, 0.1) is 40.0 Å². The molecule has 0 N–H and O–H groups in total. The van der Waals surface area contributed by atoms with E-state index in [2.05, 4.69) is 39.7 Å². The van der Waals surface area contributed by atoms with Gasteiger partial charge >= 0.3 is 0 Å². The monoisotopic (exact) mass is 171 g/mol. The van der Waals surface area contributed by atoms with Crippen molar-refractivity contribution < 1.29 is 0 Å². The number of hydrogen-bond donors (Lipinski definition) is 0. The molecule has 0 heteroatoms. The summed E-state index contributed by atoms with van der Waals surface area (Å²) in [4.78, 5) is 0. The fraction of sp³-hybridized carbons (Fsp3) is 0.385. The van der Waals surface area contributed by atoms with Crippen LogP contribution in [0.15, 0.2) is 6.07 Å². The van der Waals surface area contributed by atoms with Crippen LogP contribution in [0.3, 0.4) is 0 Å². The molecule has 0 nitrogen and oxygen atoms in total. The van der Waals surface area contributed by atoms with Crippen LogP contribution in [0.2, 0.25) is 0 Å². The van der Waals surface area contributed by atoms with Crippen molar-refractivity contribution in [3.63, 3.8) is 0 Å². The Morgan fingerprint density at radius 2 is 1.69 bits per heavy atom. The third kappa shape index (κ3) is 1.75. The van der Waals surface area contributed by atoms with Crippen molar-refractivity contribution in [2.75, 3.05) is 0 Å². The Morgan fingerprint density at radius 3 is 2.23 bits per heavy atom. The lowest BCUT2D eigenvalue weighted by molar-refractivity contribution is 1.13. The minimum atomic E-state index is 0.638. The van der Waals surface area contributed by atoms with Crippen molar-refractivity contribution in [2.45, 2.75) is 34.1 Å². The Kier molecular flexibility index (Phi) is 2.78. The van der Waals surface area contributed by atoms with Gasteiger partial charge in [-0.15, -0.1) is 0 Å². The Balaban J connectivity index is 3.36. The highest BCUT2D eigenvalue weighted by Gasteiger charge is 2.06. The van der Waals surface area contributed by atoms with Crippen LogP contribution in [0.5, 0.6) is 0 Å². The van der Waals surface area contributed by atoms with E-state index in [-0.39, 0.29) is 0 Å². The molecule has 0 unspecified atom stereocenters. The van der Waals surface area contributed by atoms with Crippen molar-refractivity contribution in [3.05, 3.63) is 40.3 Å². The van der Waals surface area contributed by atoms with E-state index in [4.69, 9.17) is 6.42 Å². The molecule has 0 saturated heterocycles. The molecule has 1 aromatic rings. The van der Waals surface area contributed by atoms with Crippen molar-refractivity contribution in [2.24, 2.45) is 0 Å². The van der Waals surface area contributed by atoms with Gasteiger partial charge in [0.15, 0.2) is 0 Å². The highest BCUT2D eigenvalue weighted by atomic mass is 14.1. The summed E-state index contributed by atoms with van der Waals surface area (Å²) in [6.45, 7) is 8.50. The van der Waals surface area contributed by atoms with Gasteiger partial charge in [0.1, 0.15) is 0 Å². The second kappa shape index (κ2) is 3.66. The number of aryl methyl sites for hydroxylation is 2. The summed E-state index contributed by atoms with van der Waals surface area (Å²) in [6, 6.07) is 2.19. The molecule has 0 aliphatic carbocycles. The number of rotatable bonds is 1. The molecule has 1 radical (unpaired) electrons. The number of hydrogen-bond acceptors (Lipinski definition) is 0. The summed E-state index contributed by atoms with van der Waals surface area (Å²) in [5.41, 5.74) is 6.54. The zero-order valence-electron chi connectivity index (χ0n) is 8.78. The molecule has 1 rings (SSSR count). The molecule has 0 fully saturated rings. The summed E-state index contributed by atoms with van der Waals surface area (Å²) in [5.74, 6) is 2.46. The highest BCUT2D eigenvalue weighted by molar-refractivity contribution is 5.45. The first kappa shape index (κ1) is 9.86. The Hall–Kier alpha value is -1.22. The van der Waals surface area contributed by atoms with Gasteiger partial charge in [-0.1, -0.05) is 12.0 Å². The van der Waals surface area contributed by atoms with E-state index in [0.29, 0.717) is 6.42 Å². The summed E-state index contributed by atoms with van der Waals surface area (Å²) in [6.07, 6.45) is 7.65. The predicted molar refractivity (Wildman–Crippen MR) is 56.2 cm³/mol. The standard InChI is InChI=1S/C13H15/c1-6-7-13-10(3)8-9(2)11(4)12(13)5/h8H,7H2,2-5H3. The first-order chi connectivity index (χ1) is 6.07. The van der Waals surface area contributed by atoms with Crippen LogP contribution in [0.25, 0.3) is 0 Å². The summed E-state index contributed by atoms with van der Waals surface area (Å²) < 4.78 is 0. The smallest absolute Gasteiger partial charge is 0.0355 e. The normalized spacial score (nSPS) is 9.77. The molecule has 67 valence electrons. The van der Waals surface area contributed by atoms with Gasteiger partial charge in [0.25, 0.3) is 0 Å². The van der Waals surface area contributed by atoms with Gasteiger partial charge < -0.3 is 0 Å². The van der Waals surface area contributed by atoms with Gasteiger partial charge in [0.05, 0.1) is 0 Å². The van der Waals surface area contributed by atoms with Crippen LogP contribution in [0.4, 0.5) is 0 Å². The van der Waals surface area contributed by atoms with Gasteiger partial charge in [0.2, 0.25) is 0 Å². The molecule has 0 saturated carbocycles. The first-order valence-corrected chi connectivity index (χ1v) is 4.53. The van der Waals surface area contributed by atoms with Gasteiger partial charge in [-0.05, 0) is 61.9 Å². The maximum atomic E-state index is 7.01. The summed E-state index contributed by atoms with van der Waals surface area (Å²) in [5, 5.41) is 0. The van der Waals surface area contributed by atoms with Crippen molar-refractivity contribution in [3.8, 4) is 5.92 Å². The third-order valence-corrected chi connectivity index (χ3v) is 2.78. The molecule has 0 amide bonds. The SMILES string of the molecule is [C]#CCc1c(C)cc(C)c(C)c1C. The van der Waals surface area contributed by atoms with Gasteiger partial charge in [0, 0.05) is 6.42 Å². The van der Waals surface area contributed by atoms with Crippen LogP contribution < -0.4 is 0 Å². The largest absolute Gasteiger partial charge is 0.0843 e. The lowest BCUT2D eigenvalue weighted by Crippen LogP contribution is -1.97. The molecule has 0 atom stereocenters. The Labute approximate surface area is 81.0 Å². The van der Waals surface area contributed by atoms with Crippen LogP contribution >= 0.6 is 0 Å². The second-order valence-electron chi connectivity index (χ2n) is 3.59. The molecule has 0 bridgehead atoms. The maximum Gasteiger partial charge on any atom is 0.0355 e. The Morgan fingerprint density at radius 1 is 1.08 bits per heavy atom. The minimum absolute atomic E-state index is 0.638. The molecule has 13 heavy (non-hydrogen) atoms. The van der Waals surface area contributed by atoms with E-state index in [1.807, 2.05) is 0 Å². The zero-order chi connectivity index (χ0) is 10.0. The molecule has 0 aromatic heterocycles. The predicted octanol–water partition coefficient (Wildman–Crippen LogP) is 3.05. The van der Waals surface area contributed by atoms with E-state index < -0.39 is 0 Å². The van der Waals surface area contributed by atoms with E-state index in [9.17, 15) is 0 Å². The van der Waals surface area contributed by atoms with Crippen LogP contribution in [-0.4, -0.2) is 0 Å². The van der Waals surface area contributed by atoms with Crippen LogP contribution in [-0.2, 0) is 6.42 Å². The van der Waals surface area contributed by atoms with Gasteiger partial charge in [-0.3, -0.25) is 0 Å². The summed E-state index contributed by atoms with van der Waals surface area (Å²) >= 11 is 0. The quantitative estimate of drug-likeness (QED) is 0.570. The Bertz CT molecular complexity index is 365. The average molecular weight is 171 g/mol. The van der Waals surface area contributed by atoms with Crippen molar-refractivity contribution in [1.29, 1.82) is 0 Å². The minimum Gasteiger partial charge on any atom is -0.0843 e. The first-order valence-electron chi connectivity index (χ1n) is 4.53. The second-order valence-corrected chi connectivity index (χ2v) is 3.59. The lowest BCUT2D eigenvalue weighted by Gasteiger charge is -2.12. The molecule has 0 aliphatic heterocycles. The van der Waals surface area contributed by atoms with E-state index in [1.165, 1.54) is 27.8 Å². The van der Waals surface area contributed by atoms with Crippen molar-refractivity contribution in [1.82, 2.24) is 0 Å². The van der Waals surface area contributed by atoms with E-state index >= 15 is 0 Å². The molecule has 0 spiro atoms. The fourth-order valence-electron chi connectivity index (χ4n) is 1.70. The maximum absolute atomic E-state index is 7.01. The van der Waals surface area contributed by atoms with E-state index in [1.54, 1.807) is 0 Å². The van der Waals surface area contributed by atoms with Gasteiger partial charge in [-0.2, -0.15) is 0 Å². The van der Waals surface area contributed by atoms with Gasteiger partial charge in [-0.25, -0.2) is 0 Å². The highest BCUT2D eigenvalue weighted by Crippen LogP contribution is 2.21. The molecular formula is C13H15. The molecule has 0 heterocycles.